The Morgan fingerprint density at radius 1 is 1.42 bits per heavy atom. The van der Waals surface area contributed by atoms with E-state index in [-0.39, 0.29) is 29.4 Å². The molecule has 2 N–H and O–H groups in total. The summed E-state index contributed by atoms with van der Waals surface area (Å²) in [4.78, 5) is 0. The lowest BCUT2D eigenvalue weighted by atomic mass is 9.93. The highest BCUT2D eigenvalue weighted by atomic mass is 32.2. The summed E-state index contributed by atoms with van der Waals surface area (Å²) in [6.45, 7) is 1.55. The molecule has 0 bridgehead atoms. The van der Waals surface area contributed by atoms with Crippen molar-refractivity contribution in [1.29, 1.82) is 0 Å². The molecule has 0 saturated carbocycles. The molecule has 0 aliphatic carbocycles. The molecule has 3 nitrogen and oxygen atoms in total. The molecule has 106 valence electrons. The molecule has 19 heavy (non-hydrogen) atoms. The van der Waals surface area contributed by atoms with Gasteiger partial charge in [-0.1, -0.05) is 6.07 Å². The third-order valence-electron chi connectivity index (χ3n) is 3.60. The number of nitrogens with two attached hydrogens (primary N) is 1. The Bertz CT molecular complexity index is 587. The maximum atomic E-state index is 13.9. The molecule has 0 amide bonds. The molecule has 0 spiro atoms. The lowest BCUT2D eigenvalue weighted by molar-refractivity contribution is 0.446. The summed E-state index contributed by atoms with van der Waals surface area (Å²) in [5.74, 6) is -1.21. The van der Waals surface area contributed by atoms with Crippen LogP contribution in [0.4, 0.5) is 8.78 Å². The van der Waals surface area contributed by atoms with Gasteiger partial charge in [0.2, 0.25) is 0 Å². The first kappa shape index (κ1) is 14.4. The second-order valence-corrected chi connectivity index (χ2v) is 7.43. The largest absolute Gasteiger partial charge is 0.324 e. The first-order valence-corrected chi connectivity index (χ1v) is 8.03. The Hall–Kier alpha value is -1.01. The molecule has 2 unspecified atom stereocenters. The van der Waals surface area contributed by atoms with Gasteiger partial charge in [-0.25, -0.2) is 17.2 Å². The monoisotopic (exact) mass is 289 g/mol. The second kappa shape index (κ2) is 5.17. The standard InChI is InChI=1S/C13H17F2NO2S/c1-8-2-3-10(14)12(13(8)15)11(16)6-9-4-5-19(17,18)7-9/h2-3,9,11H,4-7,16H2,1H3. The highest BCUT2D eigenvalue weighted by Crippen LogP contribution is 2.30. The van der Waals surface area contributed by atoms with E-state index in [0.717, 1.165) is 0 Å². The molecule has 1 aliphatic rings. The number of hydrogen-bond donors (Lipinski definition) is 1. The highest BCUT2D eigenvalue weighted by Gasteiger charge is 2.30. The van der Waals surface area contributed by atoms with Gasteiger partial charge in [0.05, 0.1) is 11.5 Å². The number of benzene rings is 1. The lowest BCUT2D eigenvalue weighted by Crippen LogP contribution is -2.19. The van der Waals surface area contributed by atoms with Crippen molar-refractivity contribution in [1.82, 2.24) is 0 Å². The number of aryl methyl sites for hydroxylation is 1. The van der Waals surface area contributed by atoms with Gasteiger partial charge in [-0.15, -0.1) is 0 Å². The summed E-state index contributed by atoms with van der Waals surface area (Å²) in [5.41, 5.74) is 6.06. The van der Waals surface area contributed by atoms with Crippen molar-refractivity contribution >= 4 is 9.84 Å². The van der Waals surface area contributed by atoms with Gasteiger partial charge in [-0.05, 0) is 37.3 Å². The van der Waals surface area contributed by atoms with E-state index in [1.165, 1.54) is 12.1 Å². The van der Waals surface area contributed by atoms with Crippen molar-refractivity contribution in [3.05, 3.63) is 34.9 Å². The molecule has 1 fully saturated rings. The molecule has 0 aromatic heterocycles. The molecule has 1 aromatic carbocycles. The van der Waals surface area contributed by atoms with Crippen molar-refractivity contribution in [2.24, 2.45) is 11.7 Å². The van der Waals surface area contributed by atoms with Gasteiger partial charge < -0.3 is 5.73 Å². The van der Waals surface area contributed by atoms with Gasteiger partial charge in [-0.2, -0.15) is 0 Å². The molecule has 1 aliphatic heterocycles. The molecule has 0 radical (unpaired) electrons. The van der Waals surface area contributed by atoms with Crippen LogP contribution in [-0.4, -0.2) is 19.9 Å². The van der Waals surface area contributed by atoms with E-state index in [2.05, 4.69) is 0 Å². The van der Waals surface area contributed by atoms with Crippen LogP contribution in [0.2, 0.25) is 0 Å². The first-order chi connectivity index (χ1) is 8.80. The third-order valence-corrected chi connectivity index (χ3v) is 5.44. The minimum atomic E-state index is -2.99. The van der Waals surface area contributed by atoms with E-state index >= 15 is 0 Å². The topological polar surface area (TPSA) is 60.2 Å². The Balaban J connectivity index is 2.17. The molecular weight excluding hydrogens is 272 g/mol. The SMILES string of the molecule is Cc1ccc(F)c(C(N)CC2CCS(=O)(=O)C2)c1F. The number of hydrogen-bond acceptors (Lipinski definition) is 3. The van der Waals surface area contributed by atoms with E-state index in [1.807, 2.05) is 0 Å². The maximum absolute atomic E-state index is 13.9. The molecule has 2 atom stereocenters. The van der Waals surface area contributed by atoms with Crippen LogP contribution in [0, 0.1) is 24.5 Å². The normalized spacial score (nSPS) is 23.5. The van der Waals surface area contributed by atoms with E-state index in [0.29, 0.717) is 12.0 Å². The fraction of sp³-hybridized carbons (Fsp3) is 0.538. The van der Waals surface area contributed by atoms with Crippen LogP contribution >= 0.6 is 0 Å². The van der Waals surface area contributed by atoms with Gasteiger partial charge in [0.25, 0.3) is 0 Å². The summed E-state index contributed by atoms with van der Waals surface area (Å²) in [6.07, 6.45) is 0.807. The highest BCUT2D eigenvalue weighted by molar-refractivity contribution is 7.91. The average molecular weight is 289 g/mol. The summed E-state index contributed by atoms with van der Waals surface area (Å²) in [6, 6.07) is 1.75. The van der Waals surface area contributed by atoms with Gasteiger partial charge >= 0.3 is 0 Å². The molecule has 2 rings (SSSR count). The van der Waals surface area contributed by atoms with Gasteiger partial charge in [0.1, 0.15) is 11.6 Å². The van der Waals surface area contributed by atoms with Crippen LogP contribution in [0.1, 0.15) is 30.0 Å². The quantitative estimate of drug-likeness (QED) is 0.927. The van der Waals surface area contributed by atoms with Gasteiger partial charge in [0.15, 0.2) is 9.84 Å². The Morgan fingerprint density at radius 2 is 2.11 bits per heavy atom. The summed E-state index contributed by atoms with van der Waals surface area (Å²) >= 11 is 0. The van der Waals surface area contributed by atoms with Crippen LogP contribution in [0.3, 0.4) is 0 Å². The average Bonchev–Trinajstić information content (AvgIpc) is 2.64. The predicted octanol–water partition coefficient (Wildman–Crippen LogP) is 2.10. The lowest BCUT2D eigenvalue weighted by Gasteiger charge is -2.18. The predicted molar refractivity (Wildman–Crippen MR) is 69.4 cm³/mol. The summed E-state index contributed by atoms with van der Waals surface area (Å²) in [5, 5.41) is 0. The minimum Gasteiger partial charge on any atom is -0.324 e. The van der Waals surface area contributed by atoms with Gasteiger partial charge in [-0.3, -0.25) is 0 Å². The van der Waals surface area contributed by atoms with Crippen molar-refractivity contribution in [3.63, 3.8) is 0 Å². The molecular formula is C13H17F2NO2S. The fourth-order valence-corrected chi connectivity index (χ4v) is 4.43. The fourth-order valence-electron chi connectivity index (χ4n) is 2.55. The Morgan fingerprint density at radius 3 is 2.68 bits per heavy atom. The van der Waals surface area contributed by atoms with Crippen LogP contribution < -0.4 is 5.73 Å². The van der Waals surface area contributed by atoms with E-state index in [1.54, 1.807) is 6.92 Å². The zero-order chi connectivity index (χ0) is 14.2. The number of halogens is 2. The van der Waals surface area contributed by atoms with Gasteiger partial charge in [0, 0.05) is 11.6 Å². The first-order valence-electron chi connectivity index (χ1n) is 6.20. The minimum absolute atomic E-state index is 0.0652. The third kappa shape index (κ3) is 3.12. The number of rotatable bonds is 3. The van der Waals surface area contributed by atoms with E-state index < -0.39 is 27.5 Å². The molecule has 6 heteroatoms. The Kier molecular flexibility index (Phi) is 3.92. The van der Waals surface area contributed by atoms with Crippen molar-refractivity contribution in [2.75, 3.05) is 11.5 Å². The Labute approximate surface area is 111 Å². The summed E-state index contributed by atoms with van der Waals surface area (Å²) in [7, 11) is -2.99. The smallest absolute Gasteiger partial charge is 0.150 e. The van der Waals surface area contributed by atoms with Crippen LogP contribution in [0.25, 0.3) is 0 Å². The summed E-state index contributed by atoms with van der Waals surface area (Å²) < 4.78 is 50.3. The molecule has 1 saturated heterocycles. The molecule has 1 heterocycles. The second-order valence-electron chi connectivity index (χ2n) is 5.20. The van der Waals surface area contributed by atoms with Crippen molar-refractivity contribution < 1.29 is 17.2 Å². The van der Waals surface area contributed by atoms with Crippen LogP contribution in [0.15, 0.2) is 12.1 Å². The van der Waals surface area contributed by atoms with E-state index in [4.69, 9.17) is 5.73 Å². The zero-order valence-corrected chi connectivity index (χ0v) is 11.5. The number of sulfone groups is 1. The van der Waals surface area contributed by atoms with Crippen LogP contribution in [-0.2, 0) is 9.84 Å². The molecule has 1 aromatic rings. The van der Waals surface area contributed by atoms with E-state index in [9.17, 15) is 17.2 Å². The van der Waals surface area contributed by atoms with Crippen molar-refractivity contribution in [3.8, 4) is 0 Å². The van der Waals surface area contributed by atoms with Crippen LogP contribution in [0.5, 0.6) is 0 Å². The maximum Gasteiger partial charge on any atom is 0.150 e. The van der Waals surface area contributed by atoms with Crippen molar-refractivity contribution in [2.45, 2.75) is 25.8 Å². The zero-order valence-electron chi connectivity index (χ0n) is 10.7.